The second kappa shape index (κ2) is 17.9. The summed E-state index contributed by atoms with van der Waals surface area (Å²) in [6.07, 6.45) is -4.66. The molecule has 4 aromatic heterocycles. The number of aromatic nitrogens is 6. The van der Waals surface area contributed by atoms with Crippen LogP contribution in [0.1, 0.15) is 83.8 Å². The van der Waals surface area contributed by atoms with E-state index < -0.39 is 41.1 Å². The molecule has 2 atom stereocenters. The molecule has 14 nitrogen and oxygen atoms in total. The van der Waals surface area contributed by atoms with Crippen molar-refractivity contribution in [2.75, 3.05) is 48.0 Å². The van der Waals surface area contributed by atoms with Gasteiger partial charge in [0.15, 0.2) is 0 Å². The Morgan fingerprint density at radius 2 is 1.32 bits per heavy atom. The molecule has 2 aromatic carbocycles. The Hall–Kier alpha value is -6.80. The summed E-state index contributed by atoms with van der Waals surface area (Å²) >= 11 is 0. The zero-order chi connectivity index (χ0) is 47.2. The number of pyridine rings is 2. The van der Waals surface area contributed by atoms with Crippen LogP contribution in [0.3, 0.4) is 0 Å². The lowest BCUT2D eigenvalue weighted by Gasteiger charge is -2.22. The maximum atomic E-state index is 14.6. The molecule has 66 heavy (non-hydrogen) atoms. The maximum Gasteiger partial charge on any atom is 0.416 e. The van der Waals surface area contributed by atoms with E-state index in [1.165, 1.54) is 15.2 Å². The number of hydrogen-bond donors (Lipinski definition) is 5. The molecule has 6 aromatic rings. The smallest absolute Gasteiger partial charge is 0.399 e. The summed E-state index contributed by atoms with van der Waals surface area (Å²) in [6, 6.07) is 8.61. The predicted octanol–water partition coefficient (Wildman–Crippen LogP) is 8.27. The summed E-state index contributed by atoms with van der Waals surface area (Å²) in [5, 5.41) is 13.6. The number of ether oxygens (including phenoxy) is 1. The third-order valence-corrected chi connectivity index (χ3v) is 11.7. The molecule has 8 rings (SSSR count). The Bertz CT molecular complexity index is 3070. The number of nitrogen functional groups attached to an aromatic ring is 1. The van der Waals surface area contributed by atoms with E-state index in [1.807, 2.05) is 12.2 Å². The maximum absolute atomic E-state index is 14.6. The van der Waals surface area contributed by atoms with Crippen molar-refractivity contribution < 1.29 is 31.1 Å². The molecule has 0 radical (unpaired) electrons. The van der Waals surface area contributed by atoms with E-state index in [0.29, 0.717) is 78.3 Å². The molecule has 0 fully saturated rings. The molecule has 0 amide bonds. The van der Waals surface area contributed by atoms with Gasteiger partial charge in [0.05, 0.1) is 53.9 Å². The standard InChI is InChI=1S/C46H47F6N11O3/c1-23(29-14-31(45(47,48)49)18-33(53)16-29)56-40-38-21-36(27-6-10-54-11-7-27)44(65)63(42(38)61-26(4)59-40)22-55-34-17-30(15-32(19-34)46(50,51)52)24(2)57-39-37-20-35(28-8-12-66-13-9-28)43(64)62(5)41(37)60-25(3)58-39/h6,8,14-21,23-24,54-55H,7,9-13,22,53H2,1-5H3,(H,56,59,61)(H,57,58,60)/t23-,24-/m1/s1. The number of hydrogen-bond acceptors (Lipinski definition) is 12. The quantitative estimate of drug-likeness (QED) is 0.0622. The van der Waals surface area contributed by atoms with E-state index in [-0.39, 0.29) is 52.0 Å². The number of fused-ring (bicyclic) bond motifs is 2. The summed E-state index contributed by atoms with van der Waals surface area (Å²) in [4.78, 5) is 46.3. The molecule has 0 aliphatic carbocycles. The first-order valence-corrected chi connectivity index (χ1v) is 21.2. The number of halogens is 6. The summed E-state index contributed by atoms with van der Waals surface area (Å²) in [7, 11) is 1.61. The van der Waals surface area contributed by atoms with Crippen LogP contribution in [0.5, 0.6) is 0 Å². The summed E-state index contributed by atoms with van der Waals surface area (Å²) in [5.74, 6) is 1.09. The molecule has 2 aliphatic heterocycles. The van der Waals surface area contributed by atoms with Gasteiger partial charge in [-0.1, -0.05) is 12.2 Å². The molecule has 346 valence electrons. The van der Waals surface area contributed by atoms with Gasteiger partial charge < -0.3 is 31.7 Å². The van der Waals surface area contributed by atoms with Crippen LogP contribution in [-0.4, -0.2) is 55.4 Å². The number of rotatable bonds is 11. The van der Waals surface area contributed by atoms with Crippen molar-refractivity contribution in [3.8, 4) is 0 Å². The van der Waals surface area contributed by atoms with Crippen LogP contribution >= 0.6 is 0 Å². The predicted molar refractivity (Wildman–Crippen MR) is 242 cm³/mol. The van der Waals surface area contributed by atoms with Gasteiger partial charge in [-0.05, 0) is 118 Å². The third kappa shape index (κ3) is 9.46. The van der Waals surface area contributed by atoms with Gasteiger partial charge in [0.25, 0.3) is 11.1 Å². The van der Waals surface area contributed by atoms with Crippen LogP contribution in [0.25, 0.3) is 33.2 Å². The Kier molecular flexibility index (Phi) is 12.4. The van der Waals surface area contributed by atoms with Gasteiger partial charge in [-0.3, -0.25) is 18.7 Å². The average molecular weight is 916 g/mol. The molecule has 0 saturated carbocycles. The molecule has 0 saturated heterocycles. The minimum atomic E-state index is -4.76. The number of nitrogens with zero attached hydrogens (tertiary/aromatic N) is 6. The largest absolute Gasteiger partial charge is 0.416 e. The monoisotopic (exact) mass is 915 g/mol. The Morgan fingerprint density at radius 3 is 1.91 bits per heavy atom. The molecule has 20 heteroatoms. The van der Waals surface area contributed by atoms with Crippen molar-refractivity contribution >= 4 is 56.2 Å². The molecule has 0 spiro atoms. The van der Waals surface area contributed by atoms with Crippen molar-refractivity contribution in [3.63, 3.8) is 0 Å². The highest BCUT2D eigenvalue weighted by atomic mass is 19.4. The van der Waals surface area contributed by atoms with Gasteiger partial charge in [-0.25, -0.2) is 19.9 Å². The summed E-state index contributed by atoms with van der Waals surface area (Å²) in [6.45, 7) is 8.12. The van der Waals surface area contributed by atoms with Crippen LogP contribution in [0, 0.1) is 13.8 Å². The minimum Gasteiger partial charge on any atom is -0.399 e. The van der Waals surface area contributed by atoms with E-state index in [2.05, 4.69) is 41.2 Å². The van der Waals surface area contributed by atoms with Crippen LogP contribution < -0.4 is 38.1 Å². The second-order valence-electron chi connectivity index (χ2n) is 16.5. The number of nitrogens with one attached hydrogen (secondary N) is 4. The fourth-order valence-corrected chi connectivity index (χ4v) is 8.26. The fraction of sp³-hybridized carbons (Fsp3) is 0.348. The number of anilines is 4. The third-order valence-electron chi connectivity index (χ3n) is 11.7. The number of nitrogens with two attached hydrogens (primary N) is 1. The van der Waals surface area contributed by atoms with Crippen LogP contribution in [0.2, 0.25) is 0 Å². The molecule has 0 unspecified atom stereocenters. The summed E-state index contributed by atoms with van der Waals surface area (Å²) < 4.78 is 93.4. The van der Waals surface area contributed by atoms with Crippen molar-refractivity contribution in [1.82, 2.24) is 34.4 Å². The topological polar surface area (TPSA) is 179 Å². The normalized spacial score (nSPS) is 15.6. The fourth-order valence-electron chi connectivity index (χ4n) is 8.26. The number of aryl methyl sites for hydroxylation is 3. The number of alkyl halides is 6. The van der Waals surface area contributed by atoms with E-state index in [4.69, 9.17) is 10.5 Å². The lowest BCUT2D eigenvalue weighted by molar-refractivity contribution is -0.138. The zero-order valence-electron chi connectivity index (χ0n) is 36.6. The van der Waals surface area contributed by atoms with E-state index in [9.17, 15) is 35.9 Å². The second-order valence-corrected chi connectivity index (χ2v) is 16.5. The lowest BCUT2D eigenvalue weighted by Crippen LogP contribution is -2.30. The van der Waals surface area contributed by atoms with E-state index in [1.54, 1.807) is 52.9 Å². The molecular weight excluding hydrogens is 869 g/mol. The van der Waals surface area contributed by atoms with Gasteiger partial charge in [-0.2, -0.15) is 26.3 Å². The first kappa shape index (κ1) is 45.8. The van der Waals surface area contributed by atoms with Crippen LogP contribution in [0.15, 0.2) is 70.3 Å². The lowest BCUT2D eigenvalue weighted by atomic mass is 10.00. The van der Waals surface area contributed by atoms with E-state index >= 15 is 0 Å². The average Bonchev–Trinajstić information content (AvgIpc) is 3.27. The Morgan fingerprint density at radius 1 is 0.742 bits per heavy atom. The Balaban J connectivity index is 1.17. The zero-order valence-corrected chi connectivity index (χ0v) is 36.6. The first-order valence-electron chi connectivity index (χ1n) is 21.2. The highest BCUT2D eigenvalue weighted by molar-refractivity contribution is 5.91. The highest BCUT2D eigenvalue weighted by Gasteiger charge is 2.33. The van der Waals surface area contributed by atoms with Crippen molar-refractivity contribution in [2.24, 2.45) is 7.05 Å². The molecular formula is C46H47F6N11O3. The SMILES string of the molecule is Cc1nc(N[C@H](C)c2cc(NCn3c(=O)c(C4=CCNCC4)cc4c(N[C@H](C)c5cc(N)cc(C(F)(F)F)c5)nc(C)nc43)cc(C(F)(F)F)c2)c2cc(C3=CCOCC3)c(=O)n(C)c2n1. The highest BCUT2D eigenvalue weighted by Crippen LogP contribution is 2.37. The molecule has 6 heterocycles. The van der Waals surface area contributed by atoms with Gasteiger partial charge in [0.2, 0.25) is 0 Å². The minimum absolute atomic E-state index is 0.0414. The number of benzene rings is 2. The van der Waals surface area contributed by atoms with Crippen molar-refractivity contribution in [3.05, 3.63) is 126 Å². The van der Waals surface area contributed by atoms with Gasteiger partial charge in [-0.15, -0.1) is 0 Å². The van der Waals surface area contributed by atoms with E-state index in [0.717, 1.165) is 35.4 Å². The van der Waals surface area contributed by atoms with Gasteiger partial charge in [0, 0.05) is 36.1 Å². The van der Waals surface area contributed by atoms with Crippen molar-refractivity contribution in [1.29, 1.82) is 0 Å². The van der Waals surface area contributed by atoms with Crippen LogP contribution in [-0.2, 0) is 30.8 Å². The van der Waals surface area contributed by atoms with Gasteiger partial charge in [0.1, 0.15) is 34.6 Å². The molecule has 6 N–H and O–H groups in total. The molecule has 0 bridgehead atoms. The van der Waals surface area contributed by atoms with Crippen LogP contribution in [0.4, 0.5) is 49.4 Å². The molecule has 2 aliphatic rings. The first-order chi connectivity index (χ1) is 31.2. The Labute approximate surface area is 374 Å². The van der Waals surface area contributed by atoms with Gasteiger partial charge >= 0.3 is 12.4 Å². The summed E-state index contributed by atoms with van der Waals surface area (Å²) in [5.41, 5.74) is 6.50. The van der Waals surface area contributed by atoms with Crippen molar-refractivity contribution in [2.45, 2.75) is 71.6 Å².